The number of aliphatic hydroxyl groups excluding tert-OH is 1. The number of nitrogens with one attached hydrogen (secondary N) is 3. The number of rotatable bonds is 8. The number of hydrogen-bond donors (Lipinski definition) is 4. The predicted octanol–water partition coefficient (Wildman–Crippen LogP) is 1.73. The summed E-state index contributed by atoms with van der Waals surface area (Å²) in [5.41, 5.74) is 1.38. The highest BCUT2D eigenvalue weighted by molar-refractivity contribution is 6.07. The number of imide groups is 1. The van der Waals surface area contributed by atoms with E-state index in [0.29, 0.717) is 30.6 Å². The van der Waals surface area contributed by atoms with Crippen molar-refractivity contribution in [1.29, 1.82) is 0 Å². The fourth-order valence-electron chi connectivity index (χ4n) is 4.27. The highest BCUT2D eigenvalue weighted by atomic mass is 16.3. The van der Waals surface area contributed by atoms with Crippen LogP contribution in [0, 0.1) is 0 Å². The monoisotopic (exact) mass is 464 g/mol. The molecule has 2 aliphatic heterocycles. The minimum atomic E-state index is -1.43. The number of nitrogens with zero attached hydrogens (tertiary/aromatic N) is 1. The average molecular weight is 465 g/mol. The molecule has 2 unspecified atom stereocenters. The van der Waals surface area contributed by atoms with Crippen LogP contribution in [0.5, 0.6) is 0 Å². The van der Waals surface area contributed by atoms with Crippen molar-refractivity contribution in [2.24, 2.45) is 0 Å². The standard InChI is InChI=1S/C25H28N4O5/c1-25(23(33)27-24(34)28-25)21(31)18-9-5-16(6-10-18)17-7-11-19(12-8-17)22(32)26-13-3-15-29-14-2-4-20(29)30/h5-12,21,31H,2-4,13-15H2,1H3,(H,26,32)(H2,27,28,33,34). The van der Waals surface area contributed by atoms with E-state index >= 15 is 0 Å². The van der Waals surface area contributed by atoms with E-state index in [2.05, 4.69) is 16.0 Å². The smallest absolute Gasteiger partial charge is 0.322 e. The van der Waals surface area contributed by atoms with Crippen LogP contribution in [-0.4, -0.2) is 58.9 Å². The van der Waals surface area contributed by atoms with Gasteiger partial charge in [0.15, 0.2) is 0 Å². The highest BCUT2D eigenvalue weighted by Crippen LogP contribution is 2.30. The van der Waals surface area contributed by atoms with Gasteiger partial charge in [-0.15, -0.1) is 0 Å². The van der Waals surface area contributed by atoms with Crippen molar-refractivity contribution in [2.45, 2.75) is 37.8 Å². The zero-order valence-electron chi connectivity index (χ0n) is 19.0. The van der Waals surface area contributed by atoms with Gasteiger partial charge >= 0.3 is 6.03 Å². The third-order valence-electron chi connectivity index (χ3n) is 6.39. The molecule has 2 saturated heterocycles. The Bertz CT molecular complexity index is 1100. The number of carbonyl (C=O) groups is 4. The van der Waals surface area contributed by atoms with E-state index < -0.39 is 23.6 Å². The van der Waals surface area contributed by atoms with E-state index in [1.165, 1.54) is 6.92 Å². The molecular formula is C25H28N4O5. The van der Waals surface area contributed by atoms with Crippen molar-refractivity contribution in [2.75, 3.05) is 19.6 Å². The lowest BCUT2D eigenvalue weighted by molar-refractivity contribution is -0.128. The summed E-state index contributed by atoms with van der Waals surface area (Å²) in [5, 5.41) is 18.2. The first-order valence-electron chi connectivity index (χ1n) is 11.4. The van der Waals surface area contributed by atoms with E-state index in [4.69, 9.17) is 0 Å². The molecule has 2 aromatic rings. The van der Waals surface area contributed by atoms with Crippen molar-refractivity contribution in [1.82, 2.24) is 20.9 Å². The van der Waals surface area contributed by atoms with Crippen molar-refractivity contribution in [3.8, 4) is 11.1 Å². The molecule has 34 heavy (non-hydrogen) atoms. The molecule has 5 amide bonds. The van der Waals surface area contributed by atoms with Crippen molar-refractivity contribution < 1.29 is 24.3 Å². The fourth-order valence-corrected chi connectivity index (χ4v) is 4.27. The Kier molecular flexibility index (Phi) is 6.65. The molecule has 0 spiro atoms. The lowest BCUT2D eigenvalue weighted by Gasteiger charge is -2.27. The summed E-state index contributed by atoms with van der Waals surface area (Å²) in [5.74, 6) is -0.551. The lowest BCUT2D eigenvalue weighted by atomic mass is 9.88. The van der Waals surface area contributed by atoms with Crippen molar-refractivity contribution >= 4 is 23.8 Å². The van der Waals surface area contributed by atoms with Gasteiger partial charge in [0.05, 0.1) is 0 Å². The minimum absolute atomic E-state index is 0.164. The van der Waals surface area contributed by atoms with Crippen molar-refractivity contribution in [3.05, 3.63) is 59.7 Å². The number of carbonyl (C=O) groups excluding carboxylic acids is 4. The normalized spacial score (nSPS) is 20.8. The molecule has 2 aromatic carbocycles. The number of amides is 5. The number of urea groups is 1. The van der Waals surface area contributed by atoms with E-state index in [0.717, 1.165) is 30.5 Å². The second-order valence-electron chi connectivity index (χ2n) is 8.81. The number of aliphatic hydroxyl groups is 1. The van der Waals surface area contributed by atoms with Crippen LogP contribution in [-0.2, 0) is 9.59 Å². The van der Waals surface area contributed by atoms with Crippen LogP contribution in [0.4, 0.5) is 4.79 Å². The zero-order chi connectivity index (χ0) is 24.3. The van der Waals surface area contributed by atoms with Crippen LogP contribution < -0.4 is 16.0 Å². The average Bonchev–Trinajstić information content (AvgIpc) is 3.37. The van der Waals surface area contributed by atoms with Crippen LogP contribution in [0.25, 0.3) is 11.1 Å². The van der Waals surface area contributed by atoms with E-state index in [-0.39, 0.29) is 11.8 Å². The first-order chi connectivity index (χ1) is 16.3. The Morgan fingerprint density at radius 2 is 1.74 bits per heavy atom. The molecule has 2 atom stereocenters. The molecule has 0 radical (unpaired) electrons. The molecular weight excluding hydrogens is 436 g/mol. The molecule has 4 rings (SSSR count). The van der Waals surface area contributed by atoms with Gasteiger partial charge in [0, 0.05) is 31.6 Å². The summed E-state index contributed by atoms with van der Waals surface area (Å²) >= 11 is 0. The van der Waals surface area contributed by atoms with Gasteiger partial charge in [-0.25, -0.2) is 4.79 Å². The van der Waals surface area contributed by atoms with Gasteiger partial charge in [0.25, 0.3) is 11.8 Å². The van der Waals surface area contributed by atoms with Gasteiger partial charge in [-0.05, 0) is 48.6 Å². The highest BCUT2D eigenvalue weighted by Gasteiger charge is 2.48. The van der Waals surface area contributed by atoms with Gasteiger partial charge in [-0.1, -0.05) is 36.4 Å². The van der Waals surface area contributed by atoms with Crippen LogP contribution in [0.15, 0.2) is 48.5 Å². The van der Waals surface area contributed by atoms with Gasteiger partial charge in [0.1, 0.15) is 11.6 Å². The number of likely N-dealkylation sites (tertiary alicyclic amines) is 1. The molecule has 0 saturated carbocycles. The lowest BCUT2D eigenvalue weighted by Crippen LogP contribution is -2.49. The summed E-state index contributed by atoms with van der Waals surface area (Å²) in [7, 11) is 0. The second-order valence-corrected chi connectivity index (χ2v) is 8.81. The molecule has 9 heteroatoms. The Labute approximate surface area is 197 Å². The van der Waals surface area contributed by atoms with Crippen LogP contribution in [0.3, 0.4) is 0 Å². The summed E-state index contributed by atoms with van der Waals surface area (Å²) in [6.45, 7) is 3.45. The first-order valence-corrected chi connectivity index (χ1v) is 11.4. The summed E-state index contributed by atoms with van der Waals surface area (Å²) in [4.78, 5) is 49.4. The van der Waals surface area contributed by atoms with Crippen LogP contribution >= 0.6 is 0 Å². The largest absolute Gasteiger partial charge is 0.385 e. The first kappa shape index (κ1) is 23.4. The summed E-state index contributed by atoms with van der Waals surface area (Å²) in [6, 6.07) is 13.6. The quantitative estimate of drug-likeness (QED) is 0.349. The van der Waals surface area contributed by atoms with Gasteiger partial charge in [-0.2, -0.15) is 0 Å². The van der Waals surface area contributed by atoms with Crippen LogP contribution in [0.1, 0.15) is 48.2 Å². The number of hydrogen-bond acceptors (Lipinski definition) is 5. The topological polar surface area (TPSA) is 128 Å². The van der Waals surface area contributed by atoms with Gasteiger partial charge < -0.3 is 20.6 Å². The molecule has 4 N–H and O–H groups in total. The zero-order valence-corrected chi connectivity index (χ0v) is 19.0. The van der Waals surface area contributed by atoms with E-state index in [1.54, 1.807) is 24.3 Å². The molecule has 0 aromatic heterocycles. The Morgan fingerprint density at radius 1 is 1.09 bits per heavy atom. The molecule has 0 aliphatic carbocycles. The molecule has 0 bridgehead atoms. The van der Waals surface area contributed by atoms with E-state index in [1.807, 2.05) is 29.2 Å². The maximum atomic E-state index is 12.4. The Hall–Kier alpha value is -3.72. The second kappa shape index (κ2) is 9.64. The SMILES string of the molecule is CC1(C(O)c2ccc(-c3ccc(C(=O)NCCCN4CCCC4=O)cc3)cc2)NC(=O)NC1=O. The predicted molar refractivity (Wildman–Crippen MR) is 125 cm³/mol. The van der Waals surface area contributed by atoms with E-state index in [9.17, 15) is 24.3 Å². The van der Waals surface area contributed by atoms with Gasteiger partial charge in [0.2, 0.25) is 5.91 Å². The Balaban J connectivity index is 1.32. The Morgan fingerprint density at radius 3 is 2.29 bits per heavy atom. The fraction of sp³-hybridized carbons (Fsp3) is 0.360. The van der Waals surface area contributed by atoms with Crippen molar-refractivity contribution in [3.63, 3.8) is 0 Å². The molecule has 178 valence electrons. The van der Waals surface area contributed by atoms with Gasteiger partial charge in [-0.3, -0.25) is 19.7 Å². The summed E-state index contributed by atoms with van der Waals surface area (Å²) in [6.07, 6.45) is 1.05. The minimum Gasteiger partial charge on any atom is -0.385 e. The molecule has 9 nitrogen and oxygen atoms in total. The number of benzene rings is 2. The molecule has 2 aliphatic rings. The molecule has 2 heterocycles. The summed E-state index contributed by atoms with van der Waals surface area (Å²) < 4.78 is 0. The van der Waals surface area contributed by atoms with Crippen LogP contribution in [0.2, 0.25) is 0 Å². The third kappa shape index (κ3) is 4.79. The maximum Gasteiger partial charge on any atom is 0.322 e. The molecule has 2 fully saturated rings. The maximum absolute atomic E-state index is 12.4. The third-order valence-corrected chi connectivity index (χ3v) is 6.39.